The smallest absolute Gasteiger partial charge is 0.236 e. The number of amides is 1. The molecule has 1 aliphatic carbocycles. The number of furan rings is 1. The van der Waals surface area contributed by atoms with Crippen LogP contribution < -0.4 is 5.32 Å². The van der Waals surface area contributed by atoms with Crippen LogP contribution in [0.25, 0.3) is 11.4 Å². The fourth-order valence-corrected chi connectivity index (χ4v) is 5.52. The van der Waals surface area contributed by atoms with E-state index < -0.39 is 0 Å². The summed E-state index contributed by atoms with van der Waals surface area (Å²) in [7, 11) is 0. The van der Waals surface area contributed by atoms with Crippen LogP contribution in [0.15, 0.2) is 21.9 Å². The first-order chi connectivity index (χ1) is 14.5. The molecule has 3 aromatic heterocycles. The summed E-state index contributed by atoms with van der Waals surface area (Å²) in [6.07, 6.45) is 7.79. The highest BCUT2D eigenvalue weighted by Crippen LogP contribution is 2.35. The van der Waals surface area contributed by atoms with E-state index in [0.29, 0.717) is 16.2 Å². The molecule has 8 nitrogen and oxygen atoms in total. The lowest BCUT2D eigenvalue weighted by Gasteiger charge is -2.18. The van der Waals surface area contributed by atoms with Gasteiger partial charge in [-0.1, -0.05) is 42.4 Å². The van der Waals surface area contributed by atoms with Gasteiger partial charge in [0.2, 0.25) is 11.0 Å². The summed E-state index contributed by atoms with van der Waals surface area (Å²) < 4.78 is 7.44. The standard InChI is InChI=1S/C20H26N6O2S2/c1-12(2)26-17(15-9-10-28-13(15)3)22-25-20(26)29-11-16(27)21-19-24-23-18(30-19)14-7-5-4-6-8-14/h9-10,12,14H,4-8,11H2,1-3H3,(H,21,24,27). The number of hydrogen-bond acceptors (Lipinski definition) is 8. The number of nitrogens with one attached hydrogen (secondary N) is 1. The van der Waals surface area contributed by atoms with E-state index in [0.717, 1.165) is 22.2 Å². The van der Waals surface area contributed by atoms with Crippen LogP contribution in [-0.4, -0.2) is 36.6 Å². The SMILES string of the molecule is Cc1occc1-c1nnc(SCC(=O)Nc2nnc(C3CCCCC3)s2)n1C(C)C. The summed E-state index contributed by atoms with van der Waals surface area (Å²) in [5.41, 5.74) is 0.914. The second kappa shape index (κ2) is 9.30. The van der Waals surface area contributed by atoms with Gasteiger partial charge in [0.15, 0.2) is 11.0 Å². The number of carbonyl (C=O) groups excluding carboxylic acids is 1. The van der Waals surface area contributed by atoms with Crippen LogP contribution in [0.3, 0.4) is 0 Å². The van der Waals surface area contributed by atoms with Gasteiger partial charge in [0, 0.05) is 12.0 Å². The van der Waals surface area contributed by atoms with Crippen molar-refractivity contribution < 1.29 is 9.21 Å². The lowest BCUT2D eigenvalue weighted by atomic mass is 9.90. The van der Waals surface area contributed by atoms with Crippen molar-refractivity contribution in [1.29, 1.82) is 0 Å². The lowest BCUT2D eigenvalue weighted by Crippen LogP contribution is -2.15. The fraction of sp³-hybridized carbons (Fsp3) is 0.550. The Morgan fingerprint density at radius 1 is 1.27 bits per heavy atom. The number of rotatable bonds is 7. The zero-order chi connectivity index (χ0) is 21.1. The van der Waals surface area contributed by atoms with Crippen molar-refractivity contribution in [2.24, 2.45) is 0 Å². The summed E-state index contributed by atoms with van der Waals surface area (Å²) in [4.78, 5) is 12.5. The summed E-state index contributed by atoms with van der Waals surface area (Å²) in [6, 6.07) is 2.04. The molecule has 1 aliphatic rings. The van der Waals surface area contributed by atoms with Gasteiger partial charge >= 0.3 is 0 Å². The molecule has 3 aromatic rings. The third-order valence-corrected chi connectivity index (χ3v) is 7.20. The predicted octanol–water partition coefficient (Wildman–Crippen LogP) is 5.06. The van der Waals surface area contributed by atoms with Crippen molar-refractivity contribution in [3.63, 3.8) is 0 Å². The van der Waals surface area contributed by atoms with Crippen molar-refractivity contribution in [3.05, 3.63) is 23.1 Å². The number of carbonyl (C=O) groups is 1. The van der Waals surface area contributed by atoms with Crippen molar-refractivity contribution in [3.8, 4) is 11.4 Å². The van der Waals surface area contributed by atoms with Gasteiger partial charge in [-0.2, -0.15) is 0 Å². The molecule has 0 spiro atoms. The van der Waals surface area contributed by atoms with Gasteiger partial charge in [-0.25, -0.2) is 0 Å². The van der Waals surface area contributed by atoms with E-state index >= 15 is 0 Å². The highest BCUT2D eigenvalue weighted by Gasteiger charge is 2.22. The molecule has 4 rings (SSSR count). The zero-order valence-corrected chi connectivity index (χ0v) is 19.1. The number of hydrogen-bond donors (Lipinski definition) is 1. The van der Waals surface area contributed by atoms with Gasteiger partial charge in [0.05, 0.1) is 17.6 Å². The first kappa shape index (κ1) is 21.0. The second-order valence-corrected chi connectivity index (χ2v) is 9.73. The molecule has 1 N–H and O–H groups in total. The third-order valence-electron chi connectivity index (χ3n) is 5.25. The number of thioether (sulfide) groups is 1. The Kier molecular flexibility index (Phi) is 6.52. The van der Waals surface area contributed by atoms with Gasteiger partial charge in [0.1, 0.15) is 10.8 Å². The molecule has 0 aromatic carbocycles. The summed E-state index contributed by atoms with van der Waals surface area (Å²) in [5, 5.41) is 22.3. The monoisotopic (exact) mass is 446 g/mol. The maximum absolute atomic E-state index is 12.5. The maximum atomic E-state index is 12.5. The van der Waals surface area contributed by atoms with Crippen molar-refractivity contribution >= 4 is 34.1 Å². The topological polar surface area (TPSA) is 98.7 Å². The van der Waals surface area contributed by atoms with Crippen LogP contribution in [0.2, 0.25) is 0 Å². The molecule has 0 unspecified atom stereocenters. The molecule has 1 fully saturated rings. The van der Waals surface area contributed by atoms with Crippen LogP contribution >= 0.6 is 23.1 Å². The Bertz CT molecular complexity index is 1000. The molecular weight excluding hydrogens is 420 g/mol. The van der Waals surface area contributed by atoms with Gasteiger partial charge < -0.3 is 4.42 Å². The molecular formula is C20H26N6O2S2. The number of anilines is 1. The van der Waals surface area contributed by atoms with E-state index in [4.69, 9.17) is 4.42 Å². The highest BCUT2D eigenvalue weighted by atomic mass is 32.2. The third kappa shape index (κ3) is 4.59. The number of aromatic nitrogens is 5. The molecule has 30 heavy (non-hydrogen) atoms. The van der Waals surface area contributed by atoms with Gasteiger partial charge in [-0.05, 0) is 39.7 Å². The first-order valence-electron chi connectivity index (χ1n) is 10.3. The van der Waals surface area contributed by atoms with E-state index in [1.165, 1.54) is 55.2 Å². The van der Waals surface area contributed by atoms with Crippen LogP contribution in [0.1, 0.15) is 68.7 Å². The van der Waals surface area contributed by atoms with Crippen LogP contribution in [0, 0.1) is 6.92 Å². The largest absolute Gasteiger partial charge is 0.469 e. The molecule has 0 aliphatic heterocycles. The summed E-state index contributed by atoms with van der Waals surface area (Å²) >= 11 is 2.86. The predicted molar refractivity (Wildman–Crippen MR) is 118 cm³/mol. The maximum Gasteiger partial charge on any atom is 0.236 e. The Balaban J connectivity index is 1.39. The Hall–Kier alpha value is -2.20. The minimum Gasteiger partial charge on any atom is -0.469 e. The molecule has 0 radical (unpaired) electrons. The Morgan fingerprint density at radius 2 is 2.07 bits per heavy atom. The van der Waals surface area contributed by atoms with Crippen LogP contribution in [0.5, 0.6) is 0 Å². The quantitative estimate of drug-likeness (QED) is 0.507. The molecule has 0 atom stereocenters. The lowest BCUT2D eigenvalue weighted by molar-refractivity contribution is -0.113. The minimum absolute atomic E-state index is 0.120. The normalized spacial score (nSPS) is 15.1. The minimum atomic E-state index is -0.120. The van der Waals surface area contributed by atoms with Crippen LogP contribution in [0.4, 0.5) is 5.13 Å². The molecule has 10 heteroatoms. The van der Waals surface area contributed by atoms with Crippen molar-refractivity contribution in [1.82, 2.24) is 25.0 Å². The Labute approximate surface area is 183 Å². The average Bonchev–Trinajstić information content (AvgIpc) is 3.46. The van der Waals surface area contributed by atoms with Gasteiger partial charge in [-0.15, -0.1) is 20.4 Å². The van der Waals surface area contributed by atoms with E-state index in [-0.39, 0.29) is 17.7 Å². The van der Waals surface area contributed by atoms with Crippen LogP contribution in [-0.2, 0) is 4.79 Å². The van der Waals surface area contributed by atoms with Gasteiger partial charge in [0.25, 0.3) is 0 Å². The number of nitrogens with zero attached hydrogens (tertiary/aromatic N) is 5. The van der Waals surface area contributed by atoms with Gasteiger partial charge in [-0.3, -0.25) is 14.7 Å². The summed E-state index contributed by atoms with van der Waals surface area (Å²) in [6.45, 7) is 6.04. The van der Waals surface area contributed by atoms with E-state index in [1.54, 1.807) is 6.26 Å². The van der Waals surface area contributed by atoms with Crippen molar-refractivity contribution in [2.75, 3.05) is 11.1 Å². The molecule has 160 valence electrons. The second-order valence-electron chi connectivity index (χ2n) is 7.78. The molecule has 0 bridgehead atoms. The fourth-order valence-electron chi connectivity index (χ4n) is 3.73. The van der Waals surface area contributed by atoms with E-state index in [9.17, 15) is 4.79 Å². The molecule has 0 saturated heterocycles. The summed E-state index contributed by atoms with van der Waals surface area (Å²) in [5.74, 6) is 2.15. The average molecular weight is 447 g/mol. The van der Waals surface area contributed by atoms with E-state index in [2.05, 4.69) is 39.6 Å². The van der Waals surface area contributed by atoms with Crippen molar-refractivity contribution in [2.45, 2.75) is 70.0 Å². The highest BCUT2D eigenvalue weighted by molar-refractivity contribution is 7.99. The van der Waals surface area contributed by atoms with E-state index in [1.807, 2.05) is 17.6 Å². The zero-order valence-electron chi connectivity index (χ0n) is 17.4. The molecule has 1 amide bonds. The molecule has 3 heterocycles. The number of aryl methyl sites for hydroxylation is 1. The molecule has 1 saturated carbocycles. The Morgan fingerprint density at radius 3 is 2.77 bits per heavy atom. The first-order valence-corrected chi connectivity index (χ1v) is 12.1.